The Morgan fingerprint density at radius 3 is 2.75 bits per heavy atom. The van der Waals surface area contributed by atoms with Crippen molar-refractivity contribution in [2.45, 2.75) is 51.5 Å². The van der Waals surface area contributed by atoms with Gasteiger partial charge in [0.2, 0.25) is 5.91 Å². The van der Waals surface area contributed by atoms with Crippen LogP contribution in [0.2, 0.25) is 0 Å². The summed E-state index contributed by atoms with van der Waals surface area (Å²) in [5.41, 5.74) is -0.590. The zero-order valence-electron chi connectivity index (χ0n) is 11.9. The molecule has 20 heavy (non-hydrogen) atoms. The van der Waals surface area contributed by atoms with Crippen molar-refractivity contribution in [3.8, 4) is 0 Å². The lowest BCUT2D eigenvalue weighted by molar-refractivity contribution is -0.146. The fraction of sp³-hybridized carbons (Fsp3) is 0.643. The van der Waals surface area contributed by atoms with E-state index in [0.717, 1.165) is 6.42 Å². The van der Waals surface area contributed by atoms with Gasteiger partial charge in [0.15, 0.2) is 5.54 Å². The molecule has 1 fully saturated rings. The Morgan fingerprint density at radius 1 is 1.50 bits per heavy atom. The molecular formula is C14H21N3O3. The fourth-order valence-corrected chi connectivity index (χ4v) is 2.13. The van der Waals surface area contributed by atoms with Crippen molar-refractivity contribution >= 4 is 17.6 Å². The van der Waals surface area contributed by atoms with E-state index < -0.39 is 11.5 Å². The van der Waals surface area contributed by atoms with Crippen LogP contribution in [0.3, 0.4) is 0 Å². The number of nitrogens with one attached hydrogen (secondary N) is 1. The fourth-order valence-electron chi connectivity index (χ4n) is 2.13. The van der Waals surface area contributed by atoms with Crippen molar-refractivity contribution in [3.63, 3.8) is 0 Å². The summed E-state index contributed by atoms with van der Waals surface area (Å²) in [6.07, 6.45) is 8.22. The Kier molecular flexibility index (Phi) is 4.11. The third-order valence-electron chi connectivity index (χ3n) is 3.97. The number of nitrogens with zero attached hydrogens (tertiary/aromatic N) is 2. The van der Waals surface area contributed by atoms with E-state index in [9.17, 15) is 9.59 Å². The molecule has 0 saturated heterocycles. The Balaban J connectivity index is 1.88. The molecule has 0 radical (unpaired) electrons. The van der Waals surface area contributed by atoms with E-state index in [1.807, 2.05) is 0 Å². The average molecular weight is 279 g/mol. The second-order valence-corrected chi connectivity index (χ2v) is 5.92. The first-order valence-corrected chi connectivity index (χ1v) is 6.98. The molecule has 0 aliphatic heterocycles. The lowest BCUT2D eigenvalue weighted by Gasteiger charge is -2.24. The van der Waals surface area contributed by atoms with Crippen molar-refractivity contribution in [2.24, 2.45) is 5.92 Å². The number of carbonyl (C=O) groups excluding carboxylic acids is 1. The summed E-state index contributed by atoms with van der Waals surface area (Å²) in [5.74, 6) is -0.303. The highest BCUT2D eigenvalue weighted by molar-refractivity contribution is 5.90. The van der Waals surface area contributed by atoms with Gasteiger partial charge in [0.1, 0.15) is 0 Å². The summed E-state index contributed by atoms with van der Waals surface area (Å²) in [6, 6.07) is 0. The van der Waals surface area contributed by atoms with E-state index >= 15 is 0 Å². The molecule has 0 aromatic carbocycles. The number of hydrogen-bond acceptors (Lipinski definition) is 3. The smallest absolute Gasteiger partial charge is 0.331 e. The lowest BCUT2D eigenvalue weighted by Crippen LogP contribution is -2.35. The molecule has 1 heterocycles. The summed E-state index contributed by atoms with van der Waals surface area (Å²) >= 11 is 0. The van der Waals surface area contributed by atoms with E-state index in [-0.39, 0.29) is 5.91 Å². The Hall–Kier alpha value is -1.85. The molecule has 1 aromatic heterocycles. The highest BCUT2D eigenvalue weighted by Crippen LogP contribution is 2.30. The van der Waals surface area contributed by atoms with Gasteiger partial charge in [-0.2, -0.15) is 5.10 Å². The van der Waals surface area contributed by atoms with Gasteiger partial charge in [0, 0.05) is 12.6 Å². The molecule has 0 spiro atoms. The maximum Gasteiger partial charge on any atom is 0.331 e. The number of carboxylic acids is 1. The van der Waals surface area contributed by atoms with Crippen LogP contribution in [0.4, 0.5) is 5.69 Å². The van der Waals surface area contributed by atoms with Gasteiger partial charge in [-0.25, -0.2) is 4.79 Å². The molecule has 110 valence electrons. The second-order valence-electron chi connectivity index (χ2n) is 5.92. The lowest BCUT2D eigenvalue weighted by atomic mass is 9.82. The van der Waals surface area contributed by atoms with Gasteiger partial charge in [-0.3, -0.25) is 9.48 Å². The molecule has 2 rings (SSSR count). The number of anilines is 1. The summed E-state index contributed by atoms with van der Waals surface area (Å²) in [5, 5.41) is 15.9. The third kappa shape index (κ3) is 3.18. The molecule has 2 N–H and O–H groups in total. The quantitative estimate of drug-likeness (QED) is 0.836. The van der Waals surface area contributed by atoms with Crippen molar-refractivity contribution in [1.29, 1.82) is 0 Å². The molecule has 0 unspecified atom stereocenters. The number of carboxylic acid groups (broad SMARTS) is 1. The average Bonchev–Trinajstić information content (AvgIpc) is 2.75. The maximum atomic E-state index is 11.8. The van der Waals surface area contributed by atoms with Crippen molar-refractivity contribution in [1.82, 2.24) is 9.78 Å². The molecule has 1 aliphatic carbocycles. The SMILES string of the molecule is CC(C)(C(=O)O)n1cc(NC(=O)CCC2CCC2)cn1. The third-order valence-corrected chi connectivity index (χ3v) is 3.97. The number of hydrogen-bond donors (Lipinski definition) is 2. The number of aromatic nitrogens is 2. The predicted octanol–water partition coefficient (Wildman–Crippen LogP) is 2.22. The van der Waals surface area contributed by atoms with Crippen LogP contribution in [0.25, 0.3) is 0 Å². The first-order valence-electron chi connectivity index (χ1n) is 6.98. The standard InChI is InChI=1S/C14H21N3O3/c1-14(2,13(19)20)17-9-11(8-15-17)16-12(18)7-6-10-4-3-5-10/h8-10H,3-7H2,1-2H3,(H,16,18)(H,19,20). The highest BCUT2D eigenvalue weighted by Gasteiger charge is 2.30. The minimum absolute atomic E-state index is 0.0374. The maximum absolute atomic E-state index is 11.8. The van der Waals surface area contributed by atoms with E-state index in [1.54, 1.807) is 20.0 Å². The van der Waals surface area contributed by atoms with Gasteiger partial charge < -0.3 is 10.4 Å². The van der Waals surface area contributed by atoms with Crippen LogP contribution in [0.1, 0.15) is 46.0 Å². The van der Waals surface area contributed by atoms with Gasteiger partial charge in [-0.15, -0.1) is 0 Å². The minimum Gasteiger partial charge on any atom is -0.479 e. The number of aliphatic carboxylic acids is 1. The Bertz CT molecular complexity index is 504. The number of carbonyl (C=O) groups is 2. The summed E-state index contributed by atoms with van der Waals surface area (Å²) in [4.78, 5) is 22.9. The number of amides is 1. The molecule has 0 bridgehead atoms. The largest absolute Gasteiger partial charge is 0.479 e. The summed E-state index contributed by atoms with van der Waals surface area (Å²) < 4.78 is 1.34. The topological polar surface area (TPSA) is 84.2 Å². The molecule has 1 amide bonds. The van der Waals surface area contributed by atoms with Crippen LogP contribution in [0.5, 0.6) is 0 Å². The van der Waals surface area contributed by atoms with Gasteiger partial charge in [-0.1, -0.05) is 19.3 Å². The first-order chi connectivity index (χ1) is 9.39. The molecular weight excluding hydrogens is 258 g/mol. The van der Waals surface area contributed by atoms with E-state index in [0.29, 0.717) is 18.0 Å². The van der Waals surface area contributed by atoms with Crippen molar-refractivity contribution in [2.75, 3.05) is 5.32 Å². The summed E-state index contributed by atoms with van der Waals surface area (Å²) in [6.45, 7) is 3.12. The van der Waals surface area contributed by atoms with E-state index in [1.165, 1.54) is 30.1 Å². The first kappa shape index (κ1) is 14.6. The molecule has 6 nitrogen and oxygen atoms in total. The van der Waals surface area contributed by atoms with Gasteiger partial charge in [0.25, 0.3) is 0 Å². The molecule has 6 heteroatoms. The van der Waals surface area contributed by atoms with Crippen LogP contribution in [0.15, 0.2) is 12.4 Å². The highest BCUT2D eigenvalue weighted by atomic mass is 16.4. The minimum atomic E-state index is -1.13. The normalized spacial score (nSPS) is 15.7. The van der Waals surface area contributed by atoms with Crippen molar-refractivity contribution < 1.29 is 14.7 Å². The molecule has 1 saturated carbocycles. The predicted molar refractivity (Wildman–Crippen MR) is 74.4 cm³/mol. The van der Waals surface area contributed by atoms with E-state index in [2.05, 4.69) is 10.4 Å². The zero-order chi connectivity index (χ0) is 14.8. The van der Waals surface area contributed by atoms with Gasteiger partial charge >= 0.3 is 5.97 Å². The van der Waals surface area contributed by atoms with Gasteiger partial charge in [0.05, 0.1) is 11.9 Å². The number of rotatable bonds is 6. The van der Waals surface area contributed by atoms with Crippen LogP contribution in [-0.4, -0.2) is 26.8 Å². The molecule has 0 atom stereocenters. The second kappa shape index (κ2) is 5.64. The van der Waals surface area contributed by atoms with Gasteiger partial charge in [-0.05, 0) is 26.2 Å². The summed E-state index contributed by atoms with van der Waals surface area (Å²) in [7, 11) is 0. The van der Waals surface area contributed by atoms with Crippen LogP contribution >= 0.6 is 0 Å². The van der Waals surface area contributed by atoms with Crippen LogP contribution in [0, 0.1) is 5.92 Å². The molecule has 1 aromatic rings. The Morgan fingerprint density at radius 2 is 2.20 bits per heavy atom. The van der Waals surface area contributed by atoms with Crippen molar-refractivity contribution in [3.05, 3.63) is 12.4 Å². The monoisotopic (exact) mass is 279 g/mol. The van der Waals surface area contributed by atoms with E-state index in [4.69, 9.17) is 5.11 Å². The Labute approximate surface area is 118 Å². The van der Waals surface area contributed by atoms with Crippen LogP contribution < -0.4 is 5.32 Å². The van der Waals surface area contributed by atoms with Crippen LogP contribution in [-0.2, 0) is 15.1 Å². The zero-order valence-corrected chi connectivity index (χ0v) is 11.9. The molecule has 1 aliphatic rings.